The number of benzene rings is 2. The molecular weight excluding hydrogens is 468 g/mol. The Morgan fingerprint density at radius 3 is 2.65 bits per heavy atom. The second-order valence-corrected chi connectivity index (χ2v) is 9.81. The molecule has 172 valence electrons. The van der Waals surface area contributed by atoms with Gasteiger partial charge in [0.15, 0.2) is 0 Å². The first kappa shape index (κ1) is 22.4. The maximum atomic E-state index is 12.5. The van der Waals surface area contributed by atoms with Gasteiger partial charge in [0.2, 0.25) is 0 Å². The molecule has 0 fully saturated rings. The number of rotatable bonds is 7. The lowest BCUT2D eigenvalue weighted by molar-refractivity contribution is 0.0393. The second kappa shape index (κ2) is 9.46. The molecular formula is C25H22N4O3S2. The zero-order chi connectivity index (χ0) is 23.7. The van der Waals surface area contributed by atoms with E-state index in [1.54, 1.807) is 18.4 Å². The SMILES string of the molecule is COCCOC(=O)c1sc2ncnc(Nc3ccc(-c4nc5ccc(C)cc5s4)cc3)c2c1C. The van der Waals surface area contributed by atoms with Gasteiger partial charge in [0.25, 0.3) is 0 Å². The lowest BCUT2D eigenvalue weighted by Crippen LogP contribution is -2.09. The summed E-state index contributed by atoms with van der Waals surface area (Å²) in [5, 5.41) is 5.18. The van der Waals surface area contributed by atoms with E-state index in [2.05, 4.69) is 40.4 Å². The Labute approximate surface area is 204 Å². The zero-order valence-corrected chi connectivity index (χ0v) is 20.5. The molecule has 3 aromatic heterocycles. The quantitative estimate of drug-likeness (QED) is 0.217. The van der Waals surface area contributed by atoms with Crippen LogP contribution in [0.5, 0.6) is 0 Å². The molecule has 5 rings (SSSR count). The fraction of sp³-hybridized carbons (Fsp3) is 0.200. The second-order valence-electron chi connectivity index (χ2n) is 7.78. The maximum Gasteiger partial charge on any atom is 0.348 e. The summed E-state index contributed by atoms with van der Waals surface area (Å²) in [6, 6.07) is 14.4. The van der Waals surface area contributed by atoms with E-state index < -0.39 is 0 Å². The smallest absolute Gasteiger partial charge is 0.348 e. The number of hydrogen-bond donors (Lipinski definition) is 1. The monoisotopic (exact) mass is 490 g/mol. The van der Waals surface area contributed by atoms with Gasteiger partial charge in [-0.15, -0.1) is 22.7 Å². The summed E-state index contributed by atoms with van der Waals surface area (Å²) >= 11 is 2.99. The summed E-state index contributed by atoms with van der Waals surface area (Å²) in [5.74, 6) is 0.275. The highest BCUT2D eigenvalue weighted by atomic mass is 32.1. The minimum atomic E-state index is -0.376. The number of nitrogens with one attached hydrogen (secondary N) is 1. The van der Waals surface area contributed by atoms with E-state index in [4.69, 9.17) is 14.5 Å². The normalized spacial score (nSPS) is 11.3. The fourth-order valence-corrected chi connectivity index (χ4v) is 5.74. The van der Waals surface area contributed by atoms with Gasteiger partial charge in [-0.25, -0.2) is 19.7 Å². The molecule has 2 aromatic carbocycles. The van der Waals surface area contributed by atoms with E-state index in [1.807, 2.05) is 31.2 Å². The molecule has 34 heavy (non-hydrogen) atoms. The van der Waals surface area contributed by atoms with Crippen LogP contribution < -0.4 is 5.32 Å². The van der Waals surface area contributed by atoms with Crippen molar-refractivity contribution in [3.05, 3.63) is 64.8 Å². The molecule has 0 radical (unpaired) electrons. The number of aryl methyl sites for hydroxylation is 2. The Morgan fingerprint density at radius 1 is 1.03 bits per heavy atom. The van der Waals surface area contributed by atoms with Gasteiger partial charge in [-0.2, -0.15) is 0 Å². The molecule has 3 heterocycles. The van der Waals surface area contributed by atoms with Crippen molar-refractivity contribution in [1.82, 2.24) is 15.0 Å². The first-order chi connectivity index (χ1) is 16.5. The molecule has 5 aromatic rings. The number of anilines is 2. The Balaban J connectivity index is 1.40. The minimum Gasteiger partial charge on any atom is -0.459 e. The van der Waals surface area contributed by atoms with E-state index >= 15 is 0 Å². The third-order valence-electron chi connectivity index (χ3n) is 5.37. The van der Waals surface area contributed by atoms with Crippen molar-refractivity contribution in [2.24, 2.45) is 0 Å². The molecule has 0 aliphatic carbocycles. The molecule has 0 saturated heterocycles. The summed E-state index contributed by atoms with van der Waals surface area (Å²) in [4.78, 5) is 27.3. The number of thiazole rings is 1. The molecule has 0 bridgehead atoms. The van der Waals surface area contributed by atoms with Crippen LogP contribution in [0.15, 0.2) is 48.8 Å². The fourth-order valence-electron chi connectivity index (χ4n) is 3.63. The zero-order valence-electron chi connectivity index (χ0n) is 18.9. The van der Waals surface area contributed by atoms with E-state index in [0.29, 0.717) is 17.3 Å². The van der Waals surface area contributed by atoms with Crippen LogP contribution in [0, 0.1) is 13.8 Å². The molecule has 7 nitrogen and oxygen atoms in total. The first-order valence-electron chi connectivity index (χ1n) is 10.7. The number of esters is 1. The van der Waals surface area contributed by atoms with Crippen molar-refractivity contribution < 1.29 is 14.3 Å². The number of thiophene rings is 1. The Kier molecular flexibility index (Phi) is 6.23. The Morgan fingerprint density at radius 2 is 1.85 bits per heavy atom. The predicted octanol–water partition coefficient (Wildman–Crippen LogP) is 6.13. The lowest BCUT2D eigenvalue weighted by Gasteiger charge is -2.08. The highest BCUT2D eigenvalue weighted by Crippen LogP contribution is 2.36. The van der Waals surface area contributed by atoms with Gasteiger partial charge >= 0.3 is 5.97 Å². The summed E-state index contributed by atoms with van der Waals surface area (Å²) in [5.41, 5.74) is 4.99. The molecule has 0 unspecified atom stereocenters. The number of hydrogen-bond acceptors (Lipinski definition) is 9. The number of ether oxygens (including phenoxy) is 2. The number of aromatic nitrogens is 3. The summed E-state index contributed by atoms with van der Waals surface area (Å²) in [7, 11) is 1.57. The summed E-state index contributed by atoms with van der Waals surface area (Å²) < 4.78 is 11.4. The van der Waals surface area contributed by atoms with Gasteiger partial charge in [0.1, 0.15) is 33.5 Å². The van der Waals surface area contributed by atoms with Crippen molar-refractivity contribution in [3.8, 4) is 10.6 Å². The van der Waals surface area contributed by atoms with Crippen LogP contribution in [-0.4, -0.2) is 41.2 Å². The van der Waals surface area contributed by atoms with Gasteiger partial charge in [-0.05, 0) is 61.4 Å². The molecule has 0 spiro atoms. The van der Waals surface area contributed by atoms with Gasteiger partial charge in [0.05, 0.1) is 22.2 Å². The van der Waals surface area contributed by atoms with E-state index in [0.717, 1.165) is 37.6 Å². The van der Waals surface area contributed by atoms with Gasteiger partial charge in [-0.1, -0.05) is 6.07 Å². The van der Waals surface area contributed by atoms with Crippen LogP contribution >= 0.6 is 22.7 Å². The molecule has 1 N–H and O–H groups in total. The third-order valence-corrected chi connectivity index (χ3v) is 7.62. The number of fused-ring (bicyclic) bond motifs is 2. The van der Waals surface area contributed by atoms with Gasteiger partial charge in [-0.3, -0.25) is 0 Å². The van der Waals surface area contributed by atoms with E-state index in [1.165, 1.54) is 27.9 Å². The van der Waals surface area contributed by atoms with Crippen molar-refractivity contribution in [2.75, 3.05) is 25.6 Å². The van der Waals surface area contributed by atoms with Crippen LogP contribution in [0.4, 0.5) is 11.5 Å². The maximum absolute atomic E-state index is 12.5. The van der Waals surface area contributed by atoms with Crippen molar-refractivity contribution in [3.63, 3.8) is 0 Å². The van der Waals surface area contributed by atoms with Crippen molar-refractivity contribution >= 4 is 60.6 Å². The topological polar surface area (TPSA) is 86.2 Å². The summed E-state index contributed by atoms with van der Waals surface area (Å²) in [6.45, 7) is 4.54. The average molecular weight is 491 g/mol. The average Bonchev–Trinajstić information content (AvgIpc) is 3.41. The van der Waals surface area contributed by atoms with Gasteiger partial charge < -0.3 is 14.8 Å². The lowest BCUT2D eigenvalue weighted by atomic mass is 10.2. The van der Waals surface area contributed by atoms with Crippen LogP contribution in [0.2, 0.25) is 0 Å². The van der Waals surface area contributed by atoms with E-state index in [9.17, 15) is 4.79 Å². The predicted molar refractivity (Wildman–Crippen MR) is 137 cm³/mol. The van der Waals surface area contributed by atoms with Crippen molar-refractivity contribution in [2.45, 2.75) is 13.8 Å². The molecule has 0 aliphatic rings. The van der Waals surface area contributed by atoms with Crippen LogP contribution in [0.25, 0.3) is 31.0 Å². The standard InChI is InChI=1S/C25H22N4O3S2/c1-14-4-9-18-19(12-14)33-23(29-18)16-5-7-17(8-6-16)28-22-20-15(2)21(25(30)32-11-10-31-3)34-24(20)27-13-26-22/h4-9,12-13H,10-11H2,1-3H3,(H,26,27,28). The van der Waals surface area contributed by atoms with Crippen LogP contribution in [-0.2, 0) is 9.47 Å². The molecule has 0 aliphatic heterocycles. The molecule has 0 amide bonds. The Hall–Kier alpha value is -3.40. The highest BCUT2D eigenvalue weighted by Gasteiger charge is 2.20. The highest BCUT2D eigenvalue weighted by molar-refractivity contribution is 7.21. The first-order valence-corrected chi connectivity index (χ1v) is 12.3. The third kappa shape index (κ3) is 4.37. The largest absolute Gasteiger partial charge is 0.459 e. The molecule has 0 atom stereocenters. The Bertz CT molecular complexity index is 1490. The van der Waals surface area contributed by atoms with Crippen molar-refractivity contribution in [1.29, 1.82) is 0 Å². The molecule has 0 saturated carbocycles. The van der Waals surface area contributed by atoms with Crippen LogP contribution in [0.3, 0.4) is 0 Å². The number of carbonyl (C=O) groups excluding carboxylic acids is 1. The minimum absolute atomic E-state index is 0.209. The number of carbonyl (C=O) groups is 1. The molecule has 9 heteroatoms. The van der Waals surface area contributed by atoms with E-state index in [-0.39, 0.29) is 12.6 Å². The number of methoxy groups -OCH3 is 1. The van der Waals surface area contributed by atoms with Crippen LogP contribution in [0.1, 0.15) is 20.8 Å². The number of nitrogens with zero attached hydrogens (tertiary/aromatic N) is 3. The summed E-state index contributed by atoms with van der Waals surface area (Å²) in [6.07, 6.45) is 1.50. The van der Waals surface area contributed by atoms with Gasteiger partial charge in [0, 0.05) is 18.4 Å².